The molecule has 17 heavy (non-hydrogen) atoms. The Bertz CT molecular complexity index is 371. The minimum atomic E-state index is -0.514. The molecule has 2 rings (SSSR count). The maximum Gasteiger partial charge on any atom is 0.126 e. The van der Waals surface area contributed by atoms with Gasteiger partial charge in [-0.2, -0.15) is 0 Å². The number of halogens is 2. The summed E-state index contributed by atoms with van der Waals surface area (Å²) in [5, 5.41) is 3.29. The minimum absolute atomic E-state index is 0.229. The van der Waals surface area contributed by atoms with Crippen molar-refractivity contribution < 1.29 is 13.5 Å². The van der Waals surface area contributed by atoms with E-state index in [-0.39, 0.29) is 5.41 Å². The molecule has 0 unspecified atom stereocenters. The molecule has 1 fully saturated rings. The summed E-state index contributed by atoms with van der Waals surface area (Å²) in [4.78, 5) is 0. The average molecular weight is 241 g/mol. The van der Waals surface area contributed by atoms with Crippen molar-refractivity contribution in [1.29, 1.82) is 0 Å². The zero-order valence-electron chi connectivity index (χ0n) is 9.93. The van der Waals surface area contributed by atoms with Crippen molar-refractivity contribution in [2.45, 2.75) is 13.3 Å². The molecule has 0 aromatic heterocycles. The molecule has 0 amide bonds. The van der Waals surface area contributed by atoms with Crippen LogP contribution in [0.15, 0.2) is 18.2 Å². The van der Waals surface area contributed by atoms with Gasteiger partial charge in [0.15, 0.2) is 0 Å². The molecule has 4 heteroatoms. The number of nitrogens with one attached hydrogen (secondary N) is 1. The zero-order valence-corrected chi connectivity index (χ0v) is 9.93. The number of benzene rings is 1. The lowest BCUT2D eigenvalue weighted by Crippen LogP contribution is -2.47. The largest absolute Gasteiger partial charge is 0.380 e. The second kappa shape index (κ2) is 5.10. The Hall–Kier alpha value is -1.00. The number of rotatable bonds is 5. The van der Waals surface area contributed by atoms with Gasteiger partial charge in [-0.05, 0) is 30.7 Å². The lowest BCUT2D eigenvalue weighted by atomic mass is 9.89. The van der Waals surface area contributed by atoms with Gasteiger partial charge in [-0.15, -0.1) is 0 Å². The Balaban J connectivity index is 1.74. The van der Waals surface area contributed by atoms with Crippen molar-refractivity contribution in [3.63, 3.8) is 0 Å². The molecule has 0 radical (unpaired) electrons. The normalized spacial score (nSPS) is 17.8. The molecule has 0 bridgehead atoms. The number of hydrogen-bond donors (Lipinski definition) is 1. The van der Waals surface area contributed by atoms with Crippen LogP contribution in [0.25, 0.3) is 0 Å². The Morgan fingerprint density at radius 2 is 1.88 bits per heavy atom. The van der Waals surface area contributed by atoms with E-state index in [0.29, 0.717) is 12.0 Å². The smallest absolute Gasteiger partial charge is 0.126 e. The van der Waals surface area contributed by atoms with Crippen LogP contribution in [0, 0.1) is 17.0 Å². The van der Waals surface area contributed by atoms with Gasteiger partial charge in [0.25, 0.3) is 0 Å². The molecule has 1 heterocycles. The van der Waals surface area contributed by atoms with E-state index in [4.69, 9.17) is 4.74 Å². The van der Waals surface area contributed by atoms with E-state index >= 15 is 0 Å². The molecule has 1 aromatic rings. The molecule has 1 aliphatic rings. The zero-order chi connectivity index (χ0) is 12.3. The van der Waals surface area contributed by atoms with Crippen molar-refractivity contribution in [2.24, 2.45) is 5.41 Å². The first kappa shape index (κ1) is 12.5. The summed E-state index contributed by atoms with van der Waals surface area (Å²) in [7, 11) is 0. The Labute approximate surface area is 100.0 Å². The lowest BCUT2D eigenvalue weighted by molar-refractivity contribution is -0.0988. The summed E-state index contributed by atoms with van der Waals surface area (Å²) >= 11 is 0. The third kappa shape index (κ3) is 3.48. The molecule has 0 saturated carbocycles. The first-order chi connectivity index (χ1) is 8.07. The molecular formula is C13H17F2NO. The van der Waals surface area contributed by atoms with E-state index in [0.717, 1.165) is 32.4 Å². The van der Waals surface area contributed by atoms with Gasteiger partial charge >= 0.3 is 0 Å². The van der Waals surface area contributed by atoms with Crippen LogP contribution in [0.5, 0.6) is 0 Å². The molecule has 0 spiro atoms. The summed E-state index contributed by atoms with van der Waals surface area (Å²) < 4.78 is 31.0. The van der Waals surface area contributed by atoms with E-state index in [1.165, 1.54) is 12.1 Å². The highest BCUT2D eigenvalue weighted by Crippen LogP contribution is 2.24. The van der Waals surface area contributed by atoms with Crippen LogP contribution in [-0.4, -0.2) is 26.3 Å². The molecule has 94 valence electrons. The van der Waals surface area contributed by atoms with Crippen LogP contribution >= 0.6 is 0 Å². The van der Waals surface area contributed by atoms with Crippen LogP contribution in [0.4, 0.5) is 8.78 Å². The molecule has 1 aromatic carbocycles. The summed E-state index contributed by atoms with van der Waals surface area (Å²) in [5.74, 6) is -1.03. The standard InChI is InChI=1S/C13H17F2NO/c1-13(8-17-9-13)7-16-3-2-10-4-11(14)6-12(15)5-10/h4-6,16H,2-3,7-9H2,1H3. The summed E-state index contributed by atoms with van der Waals surface area (Å²) in [5.41, 5.74) is 0.915. The predicted molar refractivity (Wildman–Crippen MR) is 61.9 cm³/mol. The highest BCUT2D eigenvalue weighted by molar-refractivity contribution is 5.18. The maximum absolute atomic E-state index is 12.9. The van der Waals surface area contributed by atoms with Gasteiger partial charge in [0.1, 0.15) is 11.6 Å². The second-order valence-electron chi connectivity index (χ2n) is 5.01. The quantitative estimate of drug-likeness (QED) is 0.797. The topological polar surface area (TPSA) is 21.3 Å². The summed E-state index contributed by atoms with van der Waals surface area (Å²) in [6, 6.07) is 3.64. The fourth-order valence-corrected chi connectivity index (χ4v) is 1.93. The van der Waals surface area contributed by atoms with Gasteiger partial charge in [0, 0.05) is 18.0 Å². The third-order valence-electron chi connectivity index (χ3n) is 2.97. The van der Waals surface area contributed by atoms with E-state index in [9.17, 15) is 8.78 Å². The molecular weight excluding hydrogens is 224 g/mol. The summed E-state index contributed by atoms with van der Waals surface area (Å²) in [6.07, 6.45) is 0.631. The van der Waals surface area contributed by atoms with Crippen molar-refractivity contribution in [3.05, 3.63) is 35.4 Å². The minimum Gasteiger partial charge on any atom is -0.380 e. The van der Waals surface area contributed by atoms with Crippen LogP contribution in [0.1, 0.15) is 12.5 Å². The van der Waals surface area contributed by atoms with Crippen LogP contribution in [0.3, 0.4) is 0 Å². The van der Waals surface area contributed by atoms with Gasteiger partial charge in [-0.25, -0.2) is 8.78 Å². The molecule has 1 saturated heterocycles. The van der Waals surface area contributed by atoms with Gasteiger partial charge in [-0.1, -0.05) is 6.92 Å². The van der Waals surface area contributed by atoms with Crippen LogP contribution in [0.2, 0.25) is 0 Å². The molecule has 1 N–H and O–H groups in total. The van der Waals surface area contributed by atoms with Crippen molar-refractivity contribution in [2.75, 3.05) is 26.3 Å². The first-order valence-corrected chi connectivity index (χ1v) is 5.81. The SMILES string of the molecule is CC1(CNCCc2cc(F)cc(F)c2)COC1. The van der Waals surface area contributed by atoms with E-state index in [2.05, 4.69) is 12.2 Å². The average Bonchev–Trinajstić information content (AvgIpc) is 2.20. The van der Waals surface area contributed by atoms with E-state index < -0.39 is 11.6 Å². The van der Waals surface area contributed by atoms with Crippen LogP contribution < -0.4 is 5.32 Å². The summed E-state index contributed by atoms with van der Waals surface area (Å²) in [6.45, 7) is 5.33. The first-order valence-electron chi connectivity index (χ1n) is 5.81. The molecule has 1 aliphatic heterocycles. The van der Waals surface area contributed by atoms with Crippen molar-refractivity contribution in [3.8, 4) is 0 Å². The fraction of sp³-hybridized carbons (Fsp3) is 0.538. The fourth-order valence-electron chi connectivity index (χ4n) is 1.93. The predicted octanol–water partition coefficient (Wildman–Crippen LogP) is 2.13. The highest BCUT2D eigenvalue weighted by atomic mass is 19.1. The maximum atomic E-state index is 12.9. The third-order valence-corrected chi connectivity index (χ3v) is 2.97. The Kier molecular flexibility index (Phi) is 3.74. The number of hydrogen-bond acceptors (Lipinski definition) is 2. The Morgan fingerprint density at radius 3 is 2.41 bits per heavy atom. The van der Waals surface area contributed by atoms with Crippen molar-refractivity contribution >= 4 is 0 Å². The molecule has 2 nitrogen and oxygen atoms in total. The second-order valence-corrected chi connectivity index (χ2v) is 5.01. The van der Waals surface area contributed by atoms with Gasteiger partial charge < -0.3 is 10.1 Å². The lowest BCUT2D eigenvalue weighted by Gasteiger charge is -2.38. The van der Waals surface area contributed by atoms with Crippen LogP contribution in [-0.2, 0) is 11.2 Å². The van der Waals surface area contributed by atoms with Gasteiger partial charge in [-0.3, -0.25) is 0 Å². The number of ether oxygens (including phenoxy) is 1. The highest BCUT2D eigenvalue weighted by Gasteiger charge is 2.32. The molecule has 0 atom stereocenters. The van der Waals surface area contributed by atoms with E-state index in [1.807, 2.05) is 0 Å². The monoisotopic (exact) mass is 241 g/mol. The van der Waals surface area contributed by atoms with E-state index in [1.54, 1.807) is 0 Å². The molecule has 0 aliphatic carbocycles. The van der Waals surface area contributed by atoms with Gasteiger partial charge in [0.05, 0.1) is 13.2 Å². The van der Waals surface area contributed by atoms with Gasteiger partial charge in [0.2, 0.25) is 0 Å². The van der Waals surface area contributed by atoms with Crippen molar-refractivity contribution in [1.82, 2.24) is 5.32 Å². The Morgan fingerprint density at radius 1 is 1.24 bits per heavy atom.